The number of amides is 1. The van der Waals surface area contributed by atoms with Crippen LogP contribution in [0.4, 0.5) is 0 Å². The van der Waals surface area contributed by atoms with Crippen LogP contribution in [0, 0.1) is 5.92 Å². The van der Waals surface area contributed by atoms with E-state index < -0.39 is 0 Å². The first kappa shape index (κ1) is 14.4. The molecule has 0 bridgehead atoms. The largest absolute Gasteiger partial charge is 0.369 e. The maximum Gasteiger partial charge on any atom is 0.221 e. The fourth-order valence-electron chi connectivity index (χ4n) is 2.52. The molecule has 2 atom stereocenters. The zero-order valence-corrected chi connectivity index (χ0v) is 12.2. The fourth-order valence-corrected chi connectivity index (χ4v) is 3.43. The van der Waals surface area contributed by atoms with Gasteiger partial charge in [0.2, 0.25) is 5.91 Å². The van der Waals surface area contributed by atoms with Crippen LogP contribution in [0.25, 0.3) is 0 Å². The van der Waals surface area contributed by atoms with Crippen LogP contribution in [0.5, 0.6) is 0 Å². The van der Waals surface area contributed by atoms with E-state index in [1.165, 1.54) is 4.90 Å². The van der Waals surface area contributed by atoms with Gasteiger partial charge in [0.15, 0.2) is 0 Å². The molecule has 3 nitrogen and oxygen atoms in total. The van der Waals surface area contributed by atoms with Gasteiger partial charge in [-0.1, -0.05) is 18.2 Å². The van der Waals surface area contributed by atoms with Gasteiger partial charge in [0.1, 0.15) is 0 Å². The number of carbonyl (C=O) groups excluding carboxylic acids is 1. The number of thioether (sulfide) groups is 1. The average molecular weight is 278 g/mol. The van der Waals surface area contributed by atoms with Crippen LogP contribution >= 0.6 is 11.8 Å². The van der Waals surface area contributed by atoms with E-state index >= 15 is 0 Å². The number of carbonyl (C=O) groups is 1. The Morgan fingerprint density at radius 2 is 2.11 bits per heavy atom. The molecule has 2 rings (SSSR count). The Balaban J connectivity index is 1.79. The highest BCUT2D eigenvalue weighted by molar-refractivity contribution is 7.99. The van der Waals surface area contributed by atoms with Gasteiger partial charge in [-0.3, -0.25) is 9.69 Å². The Bertz CT molecular complexity index is 410. The van der Waals surface area contributed by atoms with Gasteiger partial charge in [-0.25, -0.2) is 0 Å². The molecule has 0 saturated carbocycles. The molecular formula is C15H22N2OS. The predicted molar refractivity (Wildman–Crippen MR) is 80.1 cm³/mol. The molecule has 4 heteroatoms. The van der Waals surface area contributed by atoms with Crippen molar-refractivity contribution in [1.29, 1.82) is 0 Å². The van der Waals surface area contributed by atoms with Crippen LogP contribution < -0.4 is 5.73 Å². The van der Waals surface area contributed by atoms with Crippen LogP contribution in [-0.4, -0.2) is 35.7 Å². The van der Waals surface area contributed by atoms with Gasteiger partial charge in [0.25, 0.3) is 0 Å². The smallest absolute Gasteiger partial charge is 0.221 e. The van der Waals surface area contributed by atoms with Crippen molar-refractivity contribution >= 4 is 17.7 Å². The number of benzene rings is 1. The molecule has 19 heavy (non-hydrogen) atoms. The van der Waals surface area contributed by atoms with Crippen molar-refractivity contribution in [3.8, 4) is 0 Å². The molecule has 0 radical (unpaired) electrons. The van der Waals surface area contributed by atoms with E-state index in [0.29, 0.717) is 6.04 Å². The number of nitrogens with zero attached hydrogens (tertiary/aromatic N) is 1. The van der Waals surface area contributed by atoms with Crippen LogP contribution in [0.15, 0.2) is 35.2 Å². The molecule has 1 heterocycles. The van der Waals surface area contributed by atoms with Crippen molar-refractivity contribution in [2.75, 3.05) is 18.8 Å². The van der Waals surface area contributed by atoms with Gasteiger partial charge >= 0.3 is 0 Å². The summed E-state index contributed by atoms with van der Waals surface area (Å²) in [7, 11) is 0. The third-order valence-electron chi connectivity index (χ3n) is 3.80. The third-order valence-corrected chi connectivity index (χ3v) is 4.80. The summed E-state index contributed by atoms with van der Waals surface area (Å²) in [6.07, 6.45) is 2.02. The van der Waals surface area contributed by atoms with Gasteiger partial charge in [0.05, 0.1) is 5.92 Å². The highest BCUT2D eigenvalue weighted by Gasteiger charge is 2.27. The van der Waals surface area contributed by atoms with Gasteiger partial charge in [-0.05, 0) is 31.9 Å². The number of rotatable bonds is 5. The van der Waals surface area contributed by atoms with Gasteiger partial charge in [-0.2, -0.15) is 0 Å². The molecular weight excluding hydrogens is 256 g/mol. The molecule has 1 aromatic rings. The average Bonchev–Trinajstić information content (AvgIpc) is 2.42. The Morgan fingerprint density at radius 1 is 1.37 bits per heavy atom. The standard InChI is InChI=1S/C15H22N2OS/c1-12-7-8-13(15(16)18)11-17(12)9-10-19-14-5-3-2-4-6-14/h2-6,12-13H,7-11H2,1H3,(H2,16,18). The lowest BCUT2D eigenvalue weighted by atomic mass is 9.93. The first-order chi connectivity index (χ1) is 9.16. The summed E-state index contributed by atoms with van der Waals surface area (Å²) in [6, 6.07) is 11.0. The normalized spacial score (nSPS) is 24.3. The van der Waals surface area contributed by atoms with Crippen molar-refractivity contribution in [1.82, 2.24) is 4.90 Å². The Hall–Kier alpha value is -1.00. The van der Waals surface area contributed by atoms with E-state index in [4.69, 9.17) is 5.73 Å². The molecule has 0 spiro atoms. The minimum Gasteiger partial charge on any atom is -0.369 e. The first-order valence-electron chi connectivity index (χ1n) is 6.88. The number of hydrogen-bond donors (Lipinski definition) is 1. The zero-order valence-electron chi connectivity index (χ0n) is 11.4. The van der Waals surface area contributed by atoms with E-state index in [0.717, 1.165) is 31.7 Å². The third kappa shape index (κ3) is 4.25. The number of hydrogen-bond acceptors (Lipinski definition) is 3. The van der Waals surface area contributed by atoms with E-state index in [-0.39, 0.29) is 11.8 Å². The fraction of sp³-hybridized carbons (Fsp3) is 0.533. The van der Waals surface area contributed by atoms with E-state index in [1.807, 2.05) is 17.8 Å². The van der Waals surface area contributed by atoms with Gasteiger partial charge in [-0.15, -0.1) is 11.8 Å². The number of nitrogens with two attached hydrogens (primary N) is 1. The molecule has 1 saturated heterocycles. The van der Waals surface area contributed by atoms with E-state index in [1.54, 1.807) is 0 Å². The SMILES string of the molecule is CC1CCC(C(N)=O)CN1CCSc1ccccc1. The molecule has 2 N–H and O–H groups in total. The summed E-state index contributed by atoms with van der Waals surface area (Å²) in [5, 5.41) is 0. The molecule has 1 fully saturated rings. The number of primary amides is 1. The lowest BCUT2D eigenvalue weighted by molar-refractivity contribution is -0.123. The lowest BCUT2D eigenvalue weighted by Gasteiger charge is -2.36. The quantitative estimate of drug-likeness (QED) is 0.841. The first-order valence-corrected chi connectivity index (χ1v) is 7.86. The van der Waals surface area contributed by atoms with Crippen molar-refractivity contribution in [2.45, 2.75) is 30.7 Å². The molecule has 1 aliphatic rings. The van der Waals surface area contributed by atoms with Crippen molar-refractivity contribution < 1.29 is 4.79 Å². The number of piperidine rings is 1. The van der Waals surface area contributed by atoms with Crippen molar-refractivity contribution in [2.24, 2.45) is 11.7 Å². The topological polar surface area (TPSA) is 46.3 Å². The summed E-state index contributed by atoms with van der Waals surface area (Å²) in [6.45, 7) is 4.08. The van der Waals surface area contributed by atoms with Crippen LogP contribution in [-0.2, 0) is 4.79 Å². The summed E-state index contributed by atoms with van der Waals surface area (Å²) < 4.78 is 0. The maximum absolute atomic E-state index is 11.3. The molecule has 1 aliphatic heterocycles. The van der Waals surface area contributed by atoms with Gasteiger partial charge in [0, 0.05) is 29.8 Å². The van der Waals surface area contributed by atoms with Crippen LogP contribution in [0.1, 0.15) is 19.8 Å². The molecule has 1 amide bonds. The van der Waals surface area contributed by atoms with Gasteiger partial charge < -0.3 is 5.73 Å². The molecule has 2 unspecified atom stereocenters. The minimum absolute atomic E-state index is 0.0397. The summed E-state index contributed by atoms with van der Waals surface area (Å²) >= 11 is 1.87. The second-order valence-corrected chi connectivity index (χ2v) is 6.35. The summed E-state index contributed by atoms with van der Waals surface area (Å²) in [4.78, 5) is 15.0. The monoisotopic (exact) mass is 278 g/mol. The second kappa shape index (κ2) is 6.96. The lowest BCUT2D eigenvalue weighted by Crippen LogP contribution is -2.46. The predicted octanol–water partition coefficient (Wildman–Crippen LogP) is 2.36. The maximum atomic E-state index is 11.3. The summed E-state index contributed by atoms with van der Waals surface area (Å²) in [5.41, 5.74) is 5.42. The second-order valence-electron chi connectivity index (χ2n) is 5.18. The van der Waals surface area contributed by atoms with Crippen molar-refractivity contribution in [3.63, 3.8) is 0 Å². The van der Waals surface area contributed by atoms with E-state index in [2.05, 4.69) is 36.1 Å². The molecule has 104 valence electrons. The molecule has 0 aromatic heterocycles. The number of likely N-dealkylation sites (tertiary alicyclic amines) is 1. The van der Waals surface area contributed by atoms with Crippen LogP contribution in [0.2, 0.25) is 0 Å². The van der Waals surface area contributed by atoms with E-state index in [9.17, 15) is 4.79 Å². The summed E-state index contributed by atoms with van der Waals surface area (Å²) in [5.74, 6) is 0.949. The highest BCUT2D eigenvalue weighted by atomic mass is 32.2. The van der Waals surface area contributed by atoms with Crippen LogP contribution in [0.3, 0.4) is 0 Å². The Kier molecular flexibility index (Phi) is 5.28. The van der Waals surface area contributed by atoms with Crippen molar-refractivity contribution in [3.05, 3.63) is 30.3 Å². The molecule has 0 aliphatic carbocycles. The Labute approximate surface area is 119 Å². The zero-order chi connectivity index (χ0) is 13.7. The Morgan fingerprint density at radius 3 is 2.79 bits per heavy atom. The highest BCUT2D eigenvalue weighted by Crippen LogP contribution is 2.23. The molecule has 1 aromatic carbocycles. The minimum atomic E-state index is -0.146.